The molecule has 0 fully saturated rings. The molecule has 0 saturated heterocycles. The van der Waals surface area contributed by atoms with Crippen molar-refractivity contribution in [1.29, 1.82) is 0 Å². The van der Waals surface area contributed by atoms with Gasteiger partial charge in [-0.3, -0.25) is 0 Å². The van der Waals surface area contributed by atoms with Gasteiger partial charge in [-0.05, 0) is 11.0 Å². The van der Waals surface area contributed by atoms with Gasteiger partial charge in [-0.1, -0.05) is 13.1 Å². The molecule has 0 atom stereocenters. The van der Waals surface area contributed by atoms with Crippen LogP contribution in [-0.4, -0.2) is 20.5 Å². The molecule has 0 radical (unpaired) electrons. The van der Waals surface area contributed by atoms with Gasteiger partial charge in [0.2, 0.25) is 0 Å². The molecule has 0 aromatic carbocycles. The second kappa shape index (κ2) is 9.89. The summed E-state index contributed by atoms with van der Waals surface area (Å²) in [7, 11) is 0.417. The molecule has 0 rings (SSSR count). The first-order valence-electron chi connectivity index (χ1n) is 1.41. The number of hydrogen-bond acceptors (Lipinski definition) is 0. The molecule has 2 heteroatoms. The fourth-order valence-electron chi connectivity index (χ4n) is 0. The van der Waals surface area contributed by atoms with Crippen molar-refractivity contribution in [2.75, 3.05) is 0 Å². The van der Waals surface area contributed by atoms with E-state index >= 15 is 0 Å². The summed E-state index contributed by atoms with van der Waals surface area (Å²) in [6.45, 7) is 4.53. The fraction of sp³-hybridized carbons (Fsp3) is 1.00. The van der Waals surface area contributed by atoms with Crippen molar-refractivity contribution in [3.05, 3.63) is 0 Å². The quantitative estimate of drug-likeness (QED) is 0.329. The maximum atomic E-state index is 2.26. The Hall–Kier alpha value is 0.434. The highest BCUT2D eigenvalue weighted by atomic mass is 28.2. The summed E-state index contributed by atoms with van der Waals surface area (Å²) in [6.07, 6.45) is 0. The van der Waals surface area contributed by atoms with Gasteiger partial charge in [0.05, 0.1) is 0 Å². The van der Waals surface area contributed by atoms with Gasteiger partial charge in [-0.2, -0.15) is 0 Å². The molecule has 4 heavy (non-hydrogen) atoms. The van der Waals surface area contributed by atoms with E-state index in [4.69, 9.17) is 0 Å². The highest BCUT2D eigenvalue weighted by Crippen LogP contribution is 1.36. The molecule has 0 aliphatic heterocycles. The van der Waals surface area contributed by atoms with Gasteiger partial charge < -0.3 is 0 Å². The van der Waals surface area contributed by atoms with Crippen LogP contribution in [-0.2, 0) is 0 Å². The van der Waals surface area contributed by atoms with E-state index in [1.165, 1.54) is 0 Å². The van der Waals surface area contributed by atoms with Gasteiger partial charge in [0.25, 0.3) is 0 Å². The average Bonchev–Trinajstić information content (AvgIpc) is 0.918. The van der Waals surface area contributed by atoms with Crippen LogP contribution in [0, 0.1) is 0 Å². The number of rotatable bonds is 0. The van der Waals surface area contributed by atoms with Crippen molar-refractivity contribution in [2.45, 2.75) is 13.1 Å². The van der Waals surface area contributed by atoms with Crippen LogP contribution in [0.3, 0.4) is 0 Å². The second-order valence-corrected chi connectivity index (χ2v) is 2.12. The van der Waals surface area contributed by atoms with Crippen LogP contribution in [0.5, 0.6) is 0 Å². The lowest BCUT2D eigenvalue weighted by Crippen LogP contribution is -1.53. The van der Waals surface area contributed by atoms with Gasteiger partial charge in [-0.15, -0.1) is 0 Å². The predicted octanol–water partition coefficient (Wildman–Crippen LogP) is -1.20. The van der Waals surface area contributed by atoms with E-state index < -0.39 is 0 Å². The molecule has 0 aromatic heterocycles. The summed E-state index contributed by atoms with van der Waals surface area (Å²) < 4.78 is 0. The Kier molecular flexibility index (Phi) is 21.8. The van der Waals surface area contributed by atoms with Crippen LogP contribution in [0.15, 0.2) is 0 Å². The molecule has 0 aliphatic carbocycles. The zero-order valence-corrected chi connectivity index (χ0v) is 4.12. The highest BCUT2D eigenvalue weighted by molar-refractivity contribution is 6.31. The van der Waals surface area contributed by atoms with Crippen molar-refractivity contribution >= 4 is 20.5 Å². The van der Waals surface area contributed by atoms with E-state index in [1.54, 1.807) is 0 Å². The minimum Gasteiger partial charge on any atom is -0.0750 e. The van der Waals surface area contributed by atoms with Crippen molar-refractivity contribution in [3.63, 3.8) is 0 Å². The lowest BCUT2D eigenvalue weighted by molar-refractivity contribution is 2.14. The lowest BCUT2D eigenvalue weighted by Gasteiger charge is -1.45. The van der Waals surface area contributed by atoms with Gasteiger partial charge in [0, 0.05) is 9.52 Å². The lowest BCUT2D eigenvalue weighted by atomic mass is 11.9. The van der Waals surface area contributed by atoms with E-state index in [1.807, 2.05) is 0 Å². The van der Waals surface area contributed by atoms with Gasteiger partial charge in [-0.25, -0.2) is 0 Å². The Bertz CT molecular complexity index is 4.00. The molecule has 0 heterocycles. The molecular weight excluding hydrogens is 80.2 g/mol. The molecule has 0 N–H and O–H groups in total. The van der Waals surface area contributed by atoms with Crippen LogP contribution < -0.4 is 0 Å². The summed E-state index contributed by atoms with van der Waals surface area (Å²) in [5, 5.41) is 0. The minimum atomic E-state index is 0. The molecule has 0 spiro atoms. The second-order valence-electron chi connectivity index (χ2n) is 0.707. The van der Waals surface area contributed by atoms with Gasteiger partial charge in [0.15, 0.2) is 0 Å². The molecule has 0 aromatic rings. The standard InChI is InChI=1S/C2H8Si.H4Si/c1-3-2;/h3H2,1-2H3;1H4. The van der Waals surface area contributed by atoms with Gasteiger partial charge in [0.1, 0.15) is 0 Å². The Morgan fingerprint density at radius 1 is 1.25 bits per heavy atom. The molecule has 0 unspecified atom stereocenters. The molecule has 0 nitrogen and oxygen atoms in total. The largest absolute Gasteiger partial charge is 0.0750 e. The summed E-state index contributed by atoms with van der Waals surface area (Å²) in [6, 6.07) is 0. The normalized spacial score (nSPS) is 4.50. The van der Waals surface area contributed by atoms with E-state index in [-0.39, 0.29) is 11.0 Å². The van der Waals surface area contributed by atoms with E-state index in [9.17, 15) is 0 Å². The van der Waals surface area contributed by atoms with Crippen LogP contribution in [0.2, 0.25) is 13.1 Å². The molecule has 0 aliphatic rings. The zero-order chi connectivity index (χ0) is 2.71. The first-order chi connectivity index (χ1) is 1.41. The third kappa shape index (κ3) is 26.6. The topological polar surface area (TPSA) is 0 Å². The SMILES string of the molecule is C[SiH2]C.[SiH4]. The van der Waals surface area contributed by atoms with Crippen LogP contribution >= 0.6 is 0 Å². The monoisotopic (exact) mass is 92.0 g/mol. The smallest absolute Gasteiger partial charge is 0.0135 e. The summed E-state index contributed by atoms with van der Waals surface area (Å²) in [5.41, 5.74) is 0. The average molecular weight is 92.3 g/mol. The predicted molar refractivity (Wildman–Crippen MR) is 31.6 cm³/mol. The molecule has 0 amide bonds. The summed E-state index contributed by atoms with van der Waals surface area (Å²) in [4.78, 5) is 0. The van der Waals surface area contributed by atoms with Crippen LogP contribution in [0.4, 0.5) is 0 Å². The third-order valence-electron chi connectivity index (χ3n) is 0. The molecule has 0 bridgehead atoms. The van der Waals surface area contributed by atoms with E-state index in [2.05, 4.69) is 13.1 Å². The Morgan fingerprint density at radius 2 is 1.25 bits per heavy atom. The summed E-state index contributed by atoms with van der Waals surface area (Å²) >= 11 is 0. The minimum absolute atomic E-state index is 0. The highest BCUT2D eigenvalue weighted by Gasteiger charge is 1.38. The molecule has 28 valence electrons. The van der Waals surface area contributed by atoms with Crippen molar-refractivity contribution in [1.82, 2.24) is 0 Å². The van der Waals surface area contributed by atoms with Crippen molar-refractivity contribution in [2.24, 2.45) is 0 Å². The third-order valence-corrected chi connectivity index (χ3v) is 0. The van der Waals surface area contributed by atoms with Crippen LogP contribution in [0.25, 0.3) is 0 Å². The van der Waals surface area contributed by atoms with E-state index in [0.29, 0.717) is 9.52 Å². The Morgan fingerprint density at radius 3 is 1.25 bits per heavy atom. The zero-order valence-electron chi connectivity index (χ0n) is 2.71. The van der Waals surface area contributed by atoms with Crippen molar-refractivity contribution in [3.8, 4) is 0 Å². The van der Waals surface area contributed by atoms with E-state index in [0.717, 1.165) is 0 Å². The summed E-state index contributed by atoms with van der Waals surface area (Å²) in [5.74, 6) is 0. The Balaban J connectivity index is 0. The van der Waals surface area contributed by atoms with Crippen LogP contribution in [0.1, 0.15) is 0 Å². The molecule has 0 saturated carbocycles. The maximum absolute atomic E-state index is 2.26. The number of hydrogen-bond donors (Lipinski definition) is 0. The maximum Gasteiger partial charge on any atom is 0.0135 e. The fourth-order valence-corrected chi connectivity index (χ4v) is 0. The van der Waals surface area contributed by atoms with Crippen molar-refractivity contribution < 1.29 is 0 Å². The molecular formula is C2H12Si2. The first-order valence-corrected chi connectivity index (χ1v) is 4.24. The Labute approximate surface area is 34.5 Å². The van der Waals surface area contributed by atoms with Gasteiger partial charge >= 0.3 is 0 Å². The first kappa shape index (κ1) is 8.83.